The molecule has 1 heterocycles. The minimum absolute atomic E-state index is 0.459. The third kappa shape index (κ3) is 2.94. The summed E-state index contributed by atoms with van der Waals surface area (Å²) in [5, 5.41) is 6.50. The number of likely N-dealkylation sites (N-methyl/N-ethyl adjacent to an activating group) is 1. The summed E-state index contributed by atoms with van der Waals surface area (Å²) in [6, 6.07) is 8.19. The van der Waals surface area contributed by atoms with Crippen molar-refractivity contribution in [2.75, 3.05) is 13.6 Å². The zero-order valence-electron chi connectivity index (χ0n) is 9.90. The van der Waals surface area contributed by atoms with Crippen molar-refractivity contribution in [3.05, 3.63) is 39.1 Å². The first-order chi connectivity index (χ1) is 8.22. The molecule has 0 fully saturated rings. The van der Waals surface area contributed by atoms with E-state index >= 15 is 0 Å². The predicted octanol–water partition coefficient (Wildman–Crippen LogP) is 3.90. The van der Waals surface area contributed by atoms with Crippen LogP contribution in [0, 0.1) is 0 Å². The zero-order chi connectivity index (χ0) is 12.3. The predicted molar refractivity (Wildman–Crippen MR) is 77.6 cm³/mol. The number of aromatic nitrogens is 1. The summed E-state index contributed by atoms with van der Waals surface area (Å²) in [5.41, 5.74) is 2.21. The largest absolute Gasteiger partial charge is 0.319 e. The lowest BCUT2D eigenvalue weighted by Crippen LogP contribution is -2.14. The highest BCUT2D eigenvalue weighted by Gasteiger charge is 2.11. The Labute approximate surface area is 114 Å². The number of benzene rings is 1. The lowest BCUT2D eigenvalue weighted by molar-refractivity contribution is 0.674. The first-order valence-corrected chi connectivity index (χ1v) is 7.24. The maximum atomic E-state index is 4.71. The maximum absolute atomic E-state index is 4.71. The van der Waals surface area contributed by atoms with E-state index in [2.05, 4.69) is 39.6 Å². The normalized spacial score (nSPS) is 12.6. The van der Waals surface area contributed by atoms with Gasteiger partial charge < -0.3 is 5.32 Å². The molecule has 0 saturated heterocycles. The van der Waals surface area contributed by atoms with Gasteiger partial charge in [0.25, 0.3) is 0 Å². The highest BCUT2D eigenvalue weighted by molar-refractivity contribution is 9.10. The van der Waals surface area contributed by atoms with E-state index in [4.69, 9.17) is 4.98 Å². The zero-order valence-corrected chi connectivity index (χ0v) is 12.3. The topological polar surface area (TPSA) is 24.9 Å². The van der Waals surface area contributed by atoms with Gasteiger partial charge in [0.15, 0.2) is 0 Å². The van der Waals surface area contributed by atoms with Gasteiger partial charge in [0.05, 0.1) is 10.7 Å². The Balaban J connectivity index is 2.27. The molecule has 0 aliphatic heterocycles. The van der Waals surface area contributed by atoms with Crippen molar-refractivity contribution in [3.8, 4) is 11.3 Å². The second kappa shape index (κ2) is 5.76. The minimum atomic E-state index is 0.459. The first-order valence-electron chi connectivity index (χ1n) is 5.57. The van der Waals surface area contributed by atoms with Crippen molar-refractivity contribution in [2.45, 2.75) is 12.8 Å². The van der Waals surface area contributed by atoms with E-state index < -0.39 is 0 Å². The molecule has 17 heavy (non-hydrogen) atoms. The van der Waals surface area contributed by atoms with Crippen LogP contribution in [0.3, 0.4) is 0 Å². The fourth-order valence-corrected chi connectivity index (χ4v) is 3.07. The van der Waals surface area contributed by atoms with Crippen LogP contribution in [0.5, 0.6) is 0 Å². The number of nitrogens with one attached hydrogen (secondary N) is 1. The van der Waals surface area contributed by atoms with Gasteiger partial charge in [0, 0.05) is 27.9 Å². The fraction of sp³-hybridized carbons (Fsp3) is 0.308. The van der Waals surface area contributed by atoms with Crippen LogP contribution in [-0.4, -0.2) is 18.6 Å². The monoisotopic (exact) mass is 310 g/mol. The van der Waals surface area contributed by atoms with Crippen LogP contribution in [0.1, 0.15) is 17.8 Å². The lowest BCUT2D eigenvalue weighted by atomic mass is 10.1. The summed E-state index contributed by atoms with van der Waals surface area (Å²) in [4.78, 5) is 4.71. The summed E-state index contributed by atoms with van der Waals surface area (Å²) >= 11 is 5.29. The van der Waals surface area contributed by atoms with Gasteiger partial charge in [0.1, 0.15) is 0 Å². The highest BCUT2D eigenvalue weighted by atomic mass is 79.9. The Morgan fingerprint density at radius 2 is 2.18 bits per heavy atom. The molecule has 0 aliphatic carbocycles. The van der Waals surface area contributed by atoms with E-state index in [1.54, 1.807) is 11.3 Å². The second-order valence-electron chi connectivity index (χ2n) is 4.01. The summed E-state index contributed by atoms with van der Waals surface area (Å²) < 4.78 is 1.10. The molecule has 0 amide bonds. The van der Waals surface area contributed by atoms with Crippen molar-refractivity contribution >= 4 is 27.3 Å². The van der Waals surface area contributed by atoms with Gasteiger partial charge >= 0.3 is 0 Å². The Hall–Kier alpha value is -0.710. The van der Waals surface area contributed by atoms with Crippen molar-refractivity contribution in [2.24, 2.45) is 0 Å². The Bertz CT molecular complexity index is 496. The Morgan fingerprint density at radius 3 is 2.88 bits per heavy atom. The fourth-order valence-electron chi connectivity index (χ4n) is 1.70. The number of hydrogen-bond donors (Lipinski definition) is 1. The summed E-state index contributed by atoms with van der Waals surface area (Å²) in [5.74, 6) is 0.459. The number of nitrogens with zero attached hydrogens (tertiary/aromatic N) is 1. The van der Waals surface area contributed by atoms with Crippen molar-refractivity contribution in [1.29, 1.82) is 0 Å². The van der Waals surface area contributed by atoms with Crippen molar-refractivity contribution < 1.29 is 0 Å². The SMILES string of the molecule is CNCC(C)c1nc(-c2ccccc2Br)cs1. The number of rotatable bonds is 4. The third-order valence-electron chi connectivity index (χ3n) is 2.60. The molecule has 0 saturated carbocycles. The van der Waals surface area contributed by atoms with Crippen LogP contribution in [0.2, 0.25) is 0 Å². The summed E-state index contributed by atoms with van der Waals surface area (Å²) in [6.45, 7) is 3.15. The lowest BCUT2D eigenvalue weighted by Gasteiger charge is -2.06. The summed E-state index contributed by atoms with van der Waals surface area (Å²) in [7, 11) is 1.97. The minimum Gasteiger partial charge on any atom is -0.319 e. The molecule has 0 aliphatic rings. The molecule has 2 rings (SSSR count). The summed E-state index contributed by atoms with van der Waals surface area (Å²) in [6.07, 6.45) is 0. The van der Waals surface area contributed by atoms with Crippen LogP contribution < -0.4 is 5.32 Å². The van der Waals surface area contributed by atoms with Gasteiger partial charge in [-0.25, -0.2) is 4.98 Å². The molecule has 1 N–H and O–H groups in total. The smallest absolute Gasteiger partial charge is 0.0973 e. The van der Waals surface area contributed by atoms with Gasteiger partial charge in [-0.05, 0) is 13.1 Å². The molecular formula is C13H15BrN2S. The average Bonchev–Trinajstić information content (AvgIpc) is 2.79. The maximum Gasteiger partial charge on any atom is 0.0973 e. The van der Waals surface area contributed by atoms with E-state index in [1.165, 1.54) is 5.01 Å². The number of thiazole rings is 1. The quantitative estimate of drug-likeness (QED) is 0.926. The molecule has 1 unspecified atom stereocenters. The van der Waals surface area contributed by atoms with Crippen molar-refractivity contribution in [1.82, 2.24) is 10.3 Å². The highest BCUT2D eigenvalue weighted by Crippen LogP contribution is 2.30. The average molecular weight is 311 g/mol. The van der Waals surface area contributed by atoms with Gasteiger partial charge in [0.2, 0.25) is 0 Å². The molecule has 90 valence electrons. The Morgan fingerprint density at radius 1 is 1.41 bits per heavy atom. The molecule has 0 radical (unpaired) electrons. The first kappa shape index (κ1) is 12.7. The Kier molecular flexibility index (Phi) is 4.31. The second-order valence-corrected chi connectivity index (χ2v) is 5.75. The third-order valence-corrected chi connectivity index (χ3v) is 4.37. The molecule has 2 aromatic rings. The van der Waals surface area contributed by atoms with Crippen LogP contribution in [0.15, 0.2) is 34.1 Å². The van der Waals surface area contributed by atoms with Gasteiger partial charge in [-0.2, -0.15) is 0 Å². The van der Waals surface area contributed by atoms with Gasteiger partial charge in [-0.15, -0.1) is 11.3 Å². The van der Waals surface area contributed by atoms with Gasteiger partial charge in [-0.1, -0.05) is 41.1 Å². The molecule has 1 atom stereocenters. The van der Waals surface area contributed by atoms with Crippen LogP contribution in [-0.2, 0) is 0 Å². The van der Waals surface area contributed by atoms with Gasteiger partial charge in [-0.3, -0.25) is 0 Å². The molecule has 4 heteroatoms. The van der Waals surface area contributed by atoms with E-state index in [0.717, 1.165) is 22.3 Å². The molecule has 2 nitrogen and oxygen atoms in total. The van der Waals surface area contributed by atoms with Crippen molar-refractivity contribution in [3.63, 3.8) is 0 Å². The molecule has 0 bridgehead atoms. The van der Waals surface area contributed by atoms with Crippen LogP contribution in [0.25, 0.3) is 11.3 Å². The van der Waals surface area contributed by atoms with E-state index in [0.29, 0.717) is 5.92 Å². The van der Waals surface area contributed by atoms with Crippen LogP contribution >= 0.6 is 27.3 Å². The van der Waals surface area contributed by atoms with E-state index in [1.807, 2.05) is 25.2 Å². The number of hydrogen-bond acceptors (Lipinski definition) is 3. The standard InChI is InChI=1S/C13H15BrN2S/c1-9(7-15-2)13-16-12(8-17-13)10-5-3-4-6-11(10)14/h3-6,8-9,15H,7H2,1-2H3. The van der Waals surface area contributed by atoms with E-state index in [-0.39, 0.29) is 0 Å². The van der Waals surface area contributed by atoms with E-state index in [9.17, 15) is 0 Å². The number of halogens is 1. The molecule has 0 spiro atoms. The van der Waals surface area contributed by atoms with Crippen LogP contribution in [0.4, 0.5) is 0 Å². The molecular weight excluding hydrogens is 296 g/mol. The molecule has 1 aromatic heterocycles. The molecule has 1 aromatic carbocycles.